The summed E-state index contributed by atoms with van der Waals surface area (Å²) >= 11 is 0. The zero-order chi connectivity index (χ0) is 22.6. The number of nitro benzene ring substituents is 1. The van der Waals surface area contributed by atoms with Gasteiger partial charge in [0.25, 0.3) is 11.6 Å². The first kappa shape index (κ1) is 21.6. The van der Waals surface area contributed by atoms with Crippen LogP contribution in [0.5, 0.6) is 0 Å². The van der Waals surface area contributed by atoms with Crippen LogP contribution in [0, 0.1) is 10.1 Å². The minimum atomic E-state index is -3.88. The molecule has 0 aliphatic rings. The average molecular weight is 446 g/mol. The van der Waals surface area contributed by atoms with E-state index < -0.39 is 43.8 Å². The Morgan fingerprint density at radius 1 is 1.16 bits per heavy atom. The quantitative estimate of drug-likeness (QED) is 0.321. The average Bonchev–Trinajstić information content (AvgIpc) is 3.20. The van der Waals surface area contributed by atoms with Gasteiger partial charge in [-0.25, -0.2) is 13.2 Å². The second-order valence-corrected chi connectivity index (χ2v) is 8.10. The number of hydrogen-bond donors (Lipinski definition) is 1. The van der Waals surface area contributed by atoms with Crippen LogP contribution in [0.2, 0.25) is 0 Å². The lowest BCUT2D eigenvalue weighted by Crippen LogP contribution is -2.21. The van der Waals surface area contributed by atoms with Crippen molar-refractivity contribution >= 4 is 33.4 Å². The first-order valence-corrected chi connectivity index (χ1v) is 10.4. The van der Waals surface area contributed by atoms with Crippen LogP contribution in [-0.2, 0) is 19.4 Å². The fraction of sp³-hybridized carbons (Fsp3) is 0.111. The standard InChI is InChI=1S/C18H14N4O8S/c1-31(27,28)14-8-7-12(9-13(14)22(25)26)17(24)29-10-15(23)19-18-21-20-16(30-18)11-5-3-2-4-6-11/h2-9H,10H2,1H3,(H,19,21,23). The lowest BCUT2D eigenvalue weighted by molar-refractivity contribution is -0.387. The predicted octanol–water partition coefficient (Wildman–Crippen LogP) is 1.84. The second kappa shape index (κ2) is 8.71. The molecule has 0 aliphatic heterocycles. The van der Waals surface area contributed by atoms with Crippen molar-refractivity contribution in [1.29, 1.82) is 0 Å². The van der Waals surface area contributed by atoms with E-state index in [0.29, 0.717) is 5.56 Å². The fourth-order valence-electron chi connectivity index (χ4n) is 2.44. The van der Waals surface area contributed by atoms with Crippen molar-refractivity contribution in [2.45, 2.75) is 4.90 Å². The maximum Gasteiger partial charge on any atom is 0.338 e. The van der Waals surface area contributed by atoms with Gasteiger partial charge in [-0.05, 0) is 24.3 Å². The van der Waals surface area contributed by atoms with Crippen LogP contribution >= 0.6 is 0 Å². The number of nitrogens with one attached hydrogen (secondary N) is 1. The van der Waals surface area contributed by atoms with Crippen molar-refractivity contribution in [3.63, 3.8) is 0 Å². The summed E-state index contributed by atoms with van der Waals surface area (Å²) in [5.41, 5.74) is -0.433. The minimum absolute atomic E-state index is 0.172. The number of rotatable bonds is 7. The van der Waals surface area contributed by atoms with Gasteiger partial charge in [-0.3, -0.25) is 20.2 Å². The molecule has 0 fully saturated rings. The van der Waals surface area contributed by atoms with E-state index >= 15 is 0 Å². The van der Waals surface area contributed by atoms with Crippen LogP contribution in [0.3, 0.4) is 0 Å². The fourth-order valence-corrected chi connectivity index (χ4v) is 3.27. The third-order valence-corrected chi connectivity index (χ3v) is 4.96. The maximum atomic E-state index is 12.1. The van der Waals surface area contributed by atoms with E-state index in [1.165, 1.54) is 0 Å². The molecule has 1 N–H and O–H groups in total. The molecule has 2 aromatic carbocycles. The van der Waals surface area contributed by atoms with Crippen LogP contribution in [0.15, 0.2) is 57.8 Å². The first-order valence-electron chi connectivity index (χ1n) is 8.49. The molecule has 1 aromatic heterocycles. The number of hydrogen-bond acceptors (Lipinski definition) is 10. The van der Waals surface area contributed by atoms with Crippen LogP contribution in [-0.4, -0.2) is 48.3 Å². The summed E-state index contributed by atoms with van der Waals surface area (Å²) in [5, 5.41) is 20.8. The zero-order valence-corrected chi connectivity index (χ0v) is 16.7. The van der Waals surface area contributed by atoms with Gasteiger partial charge in [-0.2, -0.15) is 0 Å². The smallest absolute Gasteiger partial charge is 0.338 e. The van der Waals surface area contributed by atoms with Gasteiger partial charge in [0.2, 0.25) is 5.89 Å². The Balaban J connectivity index is 1.63. The highest BCUT2D eigenvalue weighted by Gasteiger charge is 2.24. The molecule has 31 heavy (non-hydrogen) atoms. The first-order chi connectivity index (χ1) is 14.6. The highest BCUT2D eigenvalue weighted by Crippen LogP contribution is 2.25. The molecule has 0 spiro atoms. The van der Waals surface area contributed by atoms with Crippen LogP contribution in [0.1, 0.15) is 10.4 Å². The van der Waals surface area contributed by atoms with Gasteiger partial charge < -0.3 is 9.15 Å². The summed E-state index contributed by atoms with van der Waals surface area (Å²) in [4.78, 5) is 33.7. The summed E-state index contributed by atoms with van der Waals surface area (Å²) < 4.78 is 33.3. The summed E-state index contributed by atoms with van der Waals surface area (Å²) in [6.07, 6.45) is 0.804. The SMILES string of the molecule is CS(=O)(=O)c1ccc(C(=O)OCC(=O)Nc2nnc(-c3ccccc3)o2)cc1[N+](=O)[O-]. The second-order valence-electron chi connectivity index (χ2n) is 6.11. The molecule has 160 valence electrons. The molecule has 12 nitrogen and oxygen atoms in total. The molecule has 0 saturated heterocycles. The number of carbonyl (C=O) groups is 2. The van der Waals surface area contributed by atoms with E-state index in [0.717, 1.165) is 24.5 Å². The predicted molar refractivity (Wildman–Crippen MR) is 105 cm³/mol. The van der Waals surface area contributed by atoms with E-state index in [1.807, 2.05) is 0 Å². The molecule has 1 heterocycles. The molecule has 0 radical (unpaired) electrons. The number of sulfone groups is 1. The zero-order valence-electron chi connectivity index (χ0n) is 15.8. The number of benzene rings is 2. The number of amides is 1. The Kier molecular flexibility index (Phi) is 6.06. The Hall–Kier alpha value is -4.13. The Morgan fingerprint density at radius 2 is 1.87 bits per heavy atom. The summed E-state index contributed by atoms with van der Waals surface area (Å²) in [7, 11) is -3.88. The van der Waals surface area contributed by atoms with E-state index in [4.69, 9.17) is 9.15 Å². The molecule has 0 bridgehead atoms. The van der Waals surface area contributed by atoms with Gasteiger partial charge in [0.1, 0.15) is 4.90 Å². The van der Waals surface area contributed by atoms with Crippen LogP contribution in [0.4, 0.5) is 11.7 Å². The van der Waals surface area contributed by atoms with Crippen molar-refractivity contribution in [2.75, 3.05) is 18.2 Å². The lowest BCUT2D eigenvalue weighted by atomic mass is 10.2. The molecular formula is C18H14N4O8S. The van der Waals surface area contributed by atoms with Gasteiger partial charge in [-0.15, -0.1) is 5.10 Å². The third-order valence-electron chi connectivity index (χ3n) is 3.82. The van der Waals surface area contributed by atoms with Gasteiger partial charge in [-0.1, -0.05) is 23.3 Å². The van der Waals surface area contributed by atoms with Crippen molar-refractivity contribution in [2.24, 2.45) is 0 Å². The van der Waals surface area contributed by atoms with Crippen molar-refractivity contribution in [3.8, 4) is 11.5 Å². The molecule has 0 unspecified atom stereocenters. The molecule has 3 rings (SSSR count). The van der Waals surface area contributed by atoms with Gasteiger partial charge in [0, 0.05) is 17.9 Å². The third kappa shape index (κ3) is 5.27. The van der Waals surface area contributed by atoms with Crippen molar-refractivity contribution in [3.05, 3.63) is 64.2 Å². The van der Waals surface area contributed by atoms with Crippen LogP contribution < -0.4 is 5.32 Å². The monoisotopic (exact) mass is 446 g/mol. The lowest BCUT2D eigenvalue weighted by Gasteiger charge is -2.06. The Labute approximate surface area is 174 Å². The van der Waals surface area contributed by atoms with E-state index in [9.17, 15) is 28.1 Å². The molecular weight excluding hydrogens is 432 g/mol. The minimum Gasteiger partial charge on any atom is -0.452 e. The topological polar surface area (TPSA) is 172 Å². The van der Waals surface area contributed by atoms with Gasteiger partial charge in [0.15, 0.2) is 16.4 Å². The molecule has 0 atom stereocenters. The molecule has 3 aromatic rings. The number of carbonyl (C=O) groups excluding carboxylic acids is 2. The number of nitro groups is 1. The Morgan fingerprint density at radius 3 is 2.52 bits per heavy atom. The summed E-state index contributed by atoms with van der Waals surface area (Å²) in [6, 6.07) is 11.3. The number of esters is 1. The number of anilines is 1. The van der Waals surface area contributed by atoms with Gasteiger partial charge >= 0.3 is 12.0 Å². The molecule has 1 amide bonds. The largest absolute Gasteiger partial charge is 0.452 e. The summed E-state index contributed by atoms with van der Waals surface area (Å²) in [5.74, 6) is -1.68. The van der Waals surface area contributed by atoms with Crippen LogP contribution in [0.25, 0.3) is 11.5 Å². The summed E-state index contributed by atoms with van der Waals surface area (Å²) in [6.45, 7) is -0.747. The van der Waals surface area contributed by atoms with Crippen molar-refractivity contribution < 1.29 is 32.1 Å². The number of ether oxygens (including phenoxy) is 1. The number of nitrogens with zero attached hydrogens (tertiary/aromatic N) is 3. The highest BCUT2D eigenvalue weighted by atomic mass is 32.2. The molecule has 13 heteroatoms. The highest BCUT2D eigenvalue weighted by molar-refractivity contribution is 7.90. The number of aromatic nitrogens is 2. The van der Waals surface area contributed by atoms with E-state index in [2.05, 4.69) is 15.5 Å². The van der Waals surface area contributed by atoms with E-state index in [-0.39, 0.29) is 17.5 Å². The Bertz CT molecular complexity index is 1250. The van der Waals surface area contributed by atoms with E-state index in [1.54, 1.807) is 30.3 Å². The maximum absolute atomic E-state index is 12.1. The van der Waals surface area contributed by atoms with Crippen molar-refractivity contribution in [1.82, 2.24) is 10.2 Å². The van der Waals surface area contributed by atoms with Gasteiger partial charge in [0.05, 0.1) is 10.5 Å². The molecule has 0 aliphatic carbocycles. The molecule has 0 saturated carbocycles. The normalized spacial score (nSPS) is 11.0.